The number of piperazine rings is 1. The molecule has 122 valence electrons. The second kappa shape index (κ2) is 6.59. The number of primary sulfonamides is 1. The number of amides is 1. The zero-order valence-corrected chi connectivity index (χ0v) is 13.0. The minimum atomic E-state index is -3.91. The summed E-state index contributed by atoms with van der Waals surface area (Å²) in [4.78, 5) is 14.7. The molecule has 0 atom stereocenters. The highest BCUT2D eigenvalue weighted by atomic mass is 32.2. The Labute approximate surface area is 128 Å². The van der Waals surface area contributed by atoms with Crippen molar-refractivity contribution in [2.75, 3.05) is 33.3 Å². The van der Waals surface area contributed by atoms with Crippen LogP contribution in [0, 0.1) is 5.82 Å². The lowest BCUT2D eigenvalue weighted by atomic mass is 10.2. The number of carbonyl (C=O) groups excluding carboxylic acids is 1. The molecule has 1 saturated heterocycles. The third-order valence-electron chi connectivity index (χ3n) is 3.55. The summed E-state index contributed by atoms with van der Waals surface area (Å²) in [6, 6.07) is 3.63. The number of ether oxygens (including phenoxy) is 1. The van der Waals surface area contributed by atoms with Crippen molar-refractivity contribution in [3.63, 3.8) is 0 Å². The summed E-state index contributed by atoms with van der Waals surface area (Å²) in [5.41, 5.74) is 0.388. The van der Waals surface area contributed by atoms with E-state index in [2.05, 4.69) is 4.74 Å². The highest BCUT2D eigenvalue weighted by Gasteiger charge is 2.22. The van der Waals surface area contributed by atoms with Crippen LogP contribution >= 0.6 is 0 Å². The summed E-state index contributed by atoms with van der Waals surface area (Å²) < 4.78 is 40.9. The number of methoxy groups -OCH3 is 1. The van der Waals surface area contributed by atoms with E-state index in [0.29, 0.717) is 38.3 Å². The number of hydrogen-bond donors (Lipinski definition) is 1. The number of rotatable bonds is 3. The first kappa shape index (κ1) is 16.7. The fourth-order valence-corrected chi connectivity index (χ4v) is 2.82. The van der Waals surface area contributed by atoms with Gasteiger partial charge >= 0.3 is 6.09 Å². The first-order valence-electron chi connectivity index (χ1n) is 6.67. The van der Waals surface area contributed by atoms with Crippen molar-refractivity contribution in [1.29, 1.82) is 0 Å². The van der Waals surface area contributed by atoms with E-state index in [-0.39, 0.29) is 11.0 Å². The molecule has 1 heterocycles. The highest BCUT2D eigenvalue weighted by Crippen LogP contribution is 2.16. The normalized spacial score (nSPS) is 16.6. The molecule has 9 heteroatoms. The molecule has 1 aliphatic rings. The van der Waals surface area contributed by atoms with Gasteiger partial charge in [-0.1, -0.05) is 6.07 Å². The lowest BCUT2D eigenvalue weighted by Gasteiger charge is -2.33. The molecule has 0 aromatic heterocycles. The molecule has 0 radical (unpaired) electrons. The summed E-state index contributed by atoms with van der Waals surface area (Å²) in [6.45, 7) is 2.52. The molecule has 1 fully saturated rings. The lowest BCUT2D eigenvalue weighted by molar-refractivity contribution is 0.0885. The first-order chi connectivity index (χ1) is 10.3. The molecule has 1 aliphatic heterocycles. The third-order valence-corrected chi connectivity index (χ3v) is 4.46. The minimum absolute atomic E-state index is 0.246. The van der Waals surface area contributed by atoms with Crippen LogP contribution in [0.2, 0.25) is 0 Å². The predicted octanol–water partition coefficient (Wildman–Crippen LogP) is 0.357. The molecule has 1 aromatic rings. The van der Waals surface area contributed by atoms with Crippen molar-refractivity contribution in [3.8, 4) is 0 Å². The van der Waals surface area contributed by atoms with Crippen LogP contribution in [0.5, 0.6) is 0 Å². The average Bonchev–Trinajstić information content (AvgIpc) is 2.48. The molecule has 22 heavy (non-hydrogen) atoms. The molecule has 2 rings (SSSR count). The van der Waals surface area contributed by atoms with Gasteiger partial charge in [-0.05, 0) is 12.1 Å². The van der Waals surface area contributed by atoms with Crippen molar-refractivity contribution in [1.82, 2.24) is 9.80 Å². The topological polar surface area (TPSA) is 92.9 Å². The van der Waals surface area contributed by atoms with Gasteiger partial charge in [-0.15, -0.1) is 0 Å². The van der Waals surface area contributed by atoms with Crippen molar-refractivity contribution in [2.24, 2.45) is 5.14 Å². The fraction of sp³-hybridized carbons (Fsp3) is 0.462. The van der Waals surface area contributed by atoms with E-state index in [9.17, 15) is 17.6 Å². The second-order valence-corrected chi connectivity index (χ2v) is 6.59. The monoisotopic (exact) mass is 331 g/mol. The lowest BCUT2D eigenvalue weighted by Crippen LogP contribution is -2.48. The van der Waals surface area contributed by atoms with Gasteiger partial charge in [-0.2, -0.15) is 0 Å². The van der Waals surface area contributed by atoms with Crippen LogP contribution in [0.25, 0.3) is 0 Å². The average molecular weight is 331 g/mol. The first-order valence-corrected chi connectivity index (χ1v) is 8.22. The van der Waals surface area contributed by atoms with E-state index in [1.54, 1.807) is 4.90 Å². The summed E-state index contributed by atoms with van der Waals surface area (Å²) in [7, 11) is -2.58. The van der Waals surface area contributed by atoms with Crippen LogP contribution in [0.15, 0.2) is 23.1 Å². The Morgan fingerprint density at radius 2 is 1.95 bits per heavy atom. The molecule has 0 unspecified atom stereocenters. The van der Waals surface area contributed by atoms with E-state index in [4.69, 9.17) is 5.14 Å². The van der Waals surface area contributed by atoms with Gasteiger partial charge < -0.3 is 9.64 Å². The molecule has 0 spiro atoms. The van der Waals surface area contributed by atoms with E-state index < -0.39 is 15.8 Å². The van der Waals surface area contributed by atoms with Crippen molar-refractivity contribution in [2.45, 2.75) is 11.4 Å². The molecule has 0 aliphatic carbocycles. The summed E-state index contributed by atoms with van der Waals surface area (Å²) >= 11 is 0. The van der Waals surface area contributed by atoms with Crippen LogP contribution in [-0.4, -0.2) is 57.6 Å². The maximum absolute atomic E-state index is 14.0. The number of halogens is 1. The number of sulfonamides is 1. The highest BCUT2D eigenvalue weighted by molar-refractivity contribution is 7.89. The maximum atomic E-state index is 14.0. The summed E-state index contributed by atoms with van der Waals surface area (Å²) in [6.07, 6.45) is -0.372. The van der Waals surface area contributed by atoms with Gasteiger partial charge in [-0.3, -0.25) is 4.90 Å². The van der Waals surface area contributed by atoms with E-state index >= 15 is 0 Å². The van der Waals surface area contributed by atoms with Crippen LogP contribution in [0.3, 0.4) is 0 Å². The smallest absolute Gasteiger partial charge is 0.409 e. The number of nitrogens with zero attached hydrogens (tertiary/aromatic N) is 2. The van der Waals surface area contributed by atoms with Crippen molar-refractivity contribution in [3.05, 3.63) is 29.6 Å². The van der Waals surface area contributed by atoms with E-state index in [1.165, 1.54) is 19.2 Å². The van der Waals surface area contributed by atoms with Gasteiger partial charge in [0.15, 0.2) is 0 Å². The third kappa shape index (κ3) is 3.93. The quantitative estimate of drug-likeness (QED) is 0.863. The van der Waals surface area contributed by atoms with Gasteiger partial charge in [0.25, 0.3) is 0 Å². The second-order valence-electron chi connectivity index (χ2n) is 5.03. The number of nitrogens with two attached hydrogens (primary N) is 1. The predicted molar refractivity (Wildman–Crippen MR) is 77.0 cm³/mol. The zero-order valence-electron chi connectivity index (χ0n) is 12.2. The summed E-state index contributed by atoms with van der Waals surface area (Å²) in [5.74, 6) is -0.609. The number of hydrogen-bond acceptors (Lipinski definition) is 5. The van der Waals surface area contributed by atoms with Crippen molar-refractivity contribution < 1.29 is 22.3 Å². The Morgan fingerprint density at radius 1 is 1.32 bits per heavy atom. The molecular formula is C13H18FN3O4S. The molecule has 7 nitrogen and oxygen atoms in total. The van der Waals surface area contributed by atoms with Gasteiger partial charge in [-0.25, -0.2) is 22.7 Å². The molecule has 1 amide bonds. The van der Waals surface area contributed by atoms with Gasteiger partial charge in [0.1, 0.15) is 5.82 Å². The van der Waals surface area contributed by atoms with Gasteiger partial charge in [0.2, 0.25) is 10.0 Å². The Balaban J connectivity index is 1.99. The summed E-state index contributed by atoms with van der Waals surface area (Å²) in [5, 5.41) is 4.96. The van der Waals surface area contributed by atoms with Crippen molar-refractivity contribution >= 4 is 16.1 Å². The zero-order chi connectivity index (χ0) is 16.3. The molecule has 0 bridgehead atoms. The maximum Gasteiger partial charge on any atom is 0.409 e. The van der Waals surface area contributed by atoms with Gasteiger partial charge in [0.05, 0.1) is 12.0 Å². The molecular weight excluding hydrogens is 313 g/mol. The van der Waals surface area contributed by atoms with E-state index in [0.717, 1.165) is 6.07 Å². The van der Waals surface area contributed by atoms with Crippen LogP contribution in [0.1, 0.15) is 5.56 Å². The van der Waals surface area contributed by atoms with Crippen LogP contribution in [0.4, 0.5) is 9.18 Å². The minimum Gasteiger partial charge on any atom is -0.453 e. The standard InChI is InChI=1S/C13H18FN3O4S/c1-21-13(18)17-6-4-16(5-7-17)9-10-2-3-11(8-12(10)14)22(15,19)20/h2-3,8H,4-7,9H2,1H3,(H2,15,19,20). The molecule has 0 saturated carbocycles. The number of carbonyl (C=O) groups is 1. The van der Waals surface area contributed by atoms with Crippen LogP contribution < -0.4 is 5.14 Å². The Morgan fingerprint density at radius 3 is 2.45 bits per heavy atom. The Hall–Kier alpha value is -1.71. The van der Waals surface area contributed by atoms with Gasteiger partial charge in [0, 0.05) is 38.3 Å². The Bertz CT molecular complexity index is 657. The molecule has 1 aromatic carbocycles. The molecule has 2 N–H and O–H groups in total. The Kier molecular flexibility index (Phi) is 4.99. The van der Waals surface area contributed by atoms with Crippen LogP contribution in [-0.2, 0) is 21.3 Å². The fourth-order valence-electron chi connectivity index (χ4n) is 2.29. The number of benzene rings is 1. The SMILES string of the molecule is COC(=O)N1CCN(Cc2ccc(S(N)(=O)=O)cc2F)CC1. The largest absolute Gasteiger partial charge is 0.453 e. The van der Waals surface area contributed by atoms with E-state index in [1.807, 2.05) is 4.90 Å².